The lowest BCUT2D eigenvalue weighted by atomic mass is 10.0. The lowest BCUT2D eigenvalue weighted by Gasteiger charge is -2.29. The van der Waals surface area contributed by atoms with Crippen LogP contribution in [0, 0.1) is 0 Å². The van der Waals surface area contributed by atoms with Crippen LogP contribution < -0.4 is 4.90 Å². The summed E-state index contributed by atoms with van der Waals surface area (Å²) < 4.78 is 2.01. The van der Waals surface area contributed by atoms with Crippen LogP contribution >= 0.6 is 11.8 Å². The van der Waals surface area contributed by atoms with E-state index in [0.717, 1.165) is 52.7 Å². The van der Waals surface area contributed by atoms with Crippen molar-refractivity contribution in [2.45, 2.75) is 32.5 Å². The van der Waals surface area contributed by atoms with E-state index in [-0.39, 0.29) is 18.4 Å². The molecule has 0 atom stereocenters. The Labute approximate surface area is 261 Å². The van der Waals surface area contributed by atoms with Crippen LogP contribution in [0.2, 0.25) is 0 Å². The number of anilines is 1. The van der Waals surface area contributed by atoms with Gasteiger partial charge < -0.3 is 9.47 Å². The number of aliphatic imine (C=N–C) groups is 1. The van der Waals surface area contributed by atoms with E-state index in [4.69, 9.17) is 4.99 Å². The average Bonchev–Trinajstić information content (AvgIpc) is 3.56. The number of hydrogen-bond donors (Lipinski definition) is 0. The average molecular weight is 597 g/mol. The molecule has 2 aliphatic heterocycles. The number of carbonyl (C=O) groups excluding carboxylic acids is 2. The second-order valence-corrected chi connectivity index (χ2v) is 12.1. The van der Waals surface area contributed by atoms with Gasteiger partial charge in [-0.25, -0.2) is 0 Å². The number of thioether (sulfide) groups is 1. The third-order valence-corrected chi connectivity index (χ3v) is 9.18. The summed E-state index contributed by atoms with van der Waals surface area (Å²) in [5, 5.41) is 1.70. The van der Waals surface area contributed by atoms with E-state index >= 15 is 0 Å². The number of hydrogen-bond acceptors (Lipinski definition) is 4. The third kappa shape index (κ3) is 5.71. The molecule has 1 saturated heterocycles. The summed E-state index contributed by atoms with van der Waals surface area (Å²) in [7, 11) is 0. The number of amidine groups is 1. The van der Waals surface area contributed by atoms with Gasteiger partial charge in [-0.2, -0.15) is 0 Å². The molecule has 0 N–H and O–H groups in total. The Morgan fingerprint density at radius 1 is 0.841 bits per heavy atom. The van der Waals surface area contributed by atoms with Gasteiger partial charge in [0.2, 0.25) is 5.91 Å². The van der Waals surface area contributed by atoms with Crippen molar-refractivity contribution in [3.8, 4) is 0 Å². The van der Waals surface area contributed by atoms with Gasteiger partial charge >= 0.3 is 0 Å². The minimum absolute atomic E-state index is 0.0628. The number of nitrogens with zero attached hydrogens (tertiary/aromatic N) is 4. The number of amides is 2. The summed E-state index contributed by atoms with van der Waals surface area (Å²) >= 11 is 1.41. The molecule has 0 bridgehead atoms. The Balaban J connectivity index is 1.20. The van der Waals surface area contributed by atoms with E-state index in [1.807, 2.05) is 119 Å². The van der Waals surface area contributed by atoms with E-state index < -0.39 is 0 Å². The third-order valence-electron chi connectivity index (χ3n) is 8.13. The summed E-state index contributed by atoms with van der Waals surface area (Å²) in [6.07, 6.45) is 5.91. The van der Waals surface area contributed by atoms with Crippen LogP contribution in [0.15, 0.2) is 125 Å². The highest BCUT2D eigenvalue weighted by atomic mass is 32.2. The predicted molar refractivity (Wildman–Crippen MR) is 179 cm³/mol. The number of benzene rings is 4. The normalized spacial score (nSPS) is 16.7. The Hall–Kier alpha value is -4.88. The zero-order chi connectivity index (χ0) is 29.9. The highest BCUT2D eigenvalue weighted by Crippen LogP contribution is 2.36. The van der Waals surface area contributed by atoms with Crippen molar-refractivity contribution in [2.24, 2.45) is 4.99 Å². The summed E-state index contributed by atoms with van der Waals surface area (Å²) in [5.74, 6) is -0.00344. The van der Waals surface area contributed by atoms with Crippen LogP contribution in [0.5, 0.6) is 0 Å². The van der Waals surface area contributed by atoms with Crippen molar-refractivity contribution >= 4 is 51.4 Å². The maximum Gasteiger partial charge on any atom is 0.267 e. The van der Waals surface area contributed by atoms with Crippen LogP contribution in [0.1, 0.15) is 28.7 Å². The van der Waals surface area contributed by atoms with Gasteiger partial charge in [0.25, 0.3) is 5.91 Å². The molecule has 0 unspecified atom stereocenters. The molecule has 3 heterocycles. The summed E-state index contributed by atoms with van der Waals surface area (Å²) in [6.45, 7) is 1.89. The number of para-hydroxylation sites is 2. The molecule has 2 aliphatic rings. The first kappa shape index (κ1) is 27.9. The van der Waals surface area contributed by atoms with E-state index in [9.17, 15) is 9.59 Å². The predicted octanol–water partition coefficient (Wildman–Crippen LogP) is 7.29. The van der Waals surface area contributed by atoms with Crippen molar-refractivity contribution in [3.63, 3.8) is 0 Å². The van der Waals surface area contributed by atoms with Crippen molar-refractivity contribution in [2.75, 3.05) is 11.4 Å². The highest BCUT2D eigenvalue weighted by Gasteiger charge is 2.33. The van der Waals surface area contributed by atoms with E-state index in [0.29, 0.717) is 23.2 Å². The molecule has 0 radical (unpaired) electrons. The van der Waals surface area contributed by atoms with Crippen LogP contribution in [-0.4, -0.2) is 33.0 Å². The molecule has 1 fully saturated rings. The SMILES string of the molecule is O=C1C(=Cc2cn(CC(=O)N3CCCc4ccccc43)c3ccccc23)SC(=NCc2ccccc2)N1Cc1ccccc1. The van der Waals surface area contributed by atoms with Gasteiger partial charge in [0.1, 0.15) is 6.54 Å². The second kappa shape index (κ2) is 12.4. The number of aryl methyl sites for hydroxylation is 1. The molecule has 0 saturated carbocycles. The molecule has 44 heavy (non-hydrogen) atoms. The van der Waals surface area contributed by atoms with Gasteiger partial charge in [-0.1, -0.05) is 97.1 Å². The van der Waals surface area contributed by atoms with E-state index in [1.54, 1.807) is 4.90 Å². The first-order valence-electron chi connectivity index (χ1n) is 14.9. The maximum absolute atomic E-state index is 13.9. The number of carbonyl (C=O) groups is 2. The fourth-order valence-electron chi connectivity index (χ4n) is 5.96. The fraction of sp³-hybridized carbons (Fsp3) is 0.162. The van der Waals surface area contributed by atoms with Gasteiger partial charge in [0.15, 0.2) is 5.17 Å². The standard InChI is InChI=1S/C37H32N4O2S/c42-35(40-21-11-17-29-16-7-9-19-32(29)40)26-39-25-30(31-18-8-10-20-33(31)39)22-34-36(43)41(24-28-14-5-2-6-15-28)37(44-34)38-23-27-12-3-1-4-13-27/h1-10,12-16,18-20,22,25H,11,17,21,23-24,26H2. The van der Waals surface area contributed by atoms with Crippen molar-refractivity contribution in [1.82, 2.24) is 9.47 Å². The van der Waals surface area contributed by atoms with Crippen LogP contribution in [0.4, 0.5) is 5.69 Å². The first-order chi connectivity index (χ1) is 21.6. The summed E-state index contributed by atoms with van der Waals surface area (Å²) in [4.78, 5) is 36.7. The topological polar surface area (TPSA) is 57.9 Å². The molecule has 5 aromatic rings. The number of rotatable bonds is 7. The Bertz CT molecular complexity index is 1900. The van der Waals surface area contributed by atoms with Crippen LogP contribution in [0.25, 0.3) is 17.0 Å². The van der Waals surface area contributed by atoms with Crippen molar-refractivity contribution < 1.29 is 9.59 Å². The van der Waals surface area contributed by atoms with Gasteiger partial charge in [-0.3, -0.25) is 19.5 Å². The number of fused-ring (bicyclic) bond motifs is 2. The molecule has 0 spiro atoms. The van der Waals surface area contributed by atoms with E-state index in [1.165, 1.54) is 17.3 Å². The molecule has 7 rings (SSSR count). The lowest BCUT2D eigenvalue weighted by molar-refractivity contribution is -0.122. The monoisotopic (exact) mass is 596 g/mol. The molecule has 6 nitrogen and oxygen atoms in total. The minimum atomic E-state index is -0.0662. The minimum Gasteiger partial charge on any atom is -0.337 e. The highest BCUT2D eigenvalue weighted by molar-refractivity contribution is 8.18. The van der Waals surface area contributed by atoms with Gasteiger partial charge in [-0.05, 0) is 59.5 Å². The molecule has 4 aromatic carbocycles. The Kier molecular flexibility index (Phi) is 7.86. The molecule has 1 aromatic heterocycles. The van der Waals surface area contributed by atoms with Crippen molar-refractivity contribution in [1.29, 1.82) is 0 Å². The smallest absolute Gasteiger partial charge is 0.267 e. The zero-order valence-corrected chi connectivity index (χ0v) is 25.1. The summed E-state index contributed by atoms with van der Waals surface area (Å²) in [6, 6.07) is 36.3. The Morgan fingerprint density at radius 3 is 2.36 bits per heavy atom. The fourth-order valence-corrected chi connectivity index (χ4v) is 6.93. The van der Waals surface area contributed by atoms with Gasteiger partial charge in [0, 0.05) is 34.9 Å². The largest absolute Gasteiger partial charge is 0.337 e. The quantitative estimate of drug-likeness (QED) is 0.185. The molecule has 218 valence electrons. The molecular weight excluding hydrogens is 565 g/mol. The lowest BCUT2D eigenvalue weighted by Crippen LogP contribution is -2.37. The molecule has 2 amide bonds. The first-order valence-corrected chi connectivity index (χ1v) is 15.8. The van der Waals surface area contributed by atoms with Crippen LogP contribution in [-0.2, 0) is 35.6 Å². The van der Waals surface area contributed by atoms with E-state index in [2.05, 4.69) is 12.1 Å². The molecular formula is C37H32N4O2S. The molecule has 0 aliphatic carbocycles. The second-order valence-electron chi connectivity index (χ2n) is 11.1. The number of aromatic nitrogens is 1. The van der Waals surface area contributed by atoms with Gasteiger partial charge in [-0.15, -0.1) is 0 Å². The summed E-state index contributed by atoms with van der Waals surface area (Å²) in [5.41, 5.74) is 6.24. The zero-order valence-electron chi connectivity index (χ0n) is 24.3. The van der Waals surface area contributed by atoms with Gasteiger partial charge in [0.05, 0.1) is 18.0 Å². The van der Waals surface area contributed by atoms with Crippen LogP contribution in [0.3, 0.4) is 0 Å². The molecule has 7 heteroatoms. The Morgan fingerprint density at radius 2 is 1.55 bits per heavy atom. The maximum atomic E-state index is 13.9. The van der Waals surface area contributed by atoms with Crippen molar-refractivity contribution in [3.05, 3.63) is 143 Å².